The number of anilines is 1. The minimum absolute atomic E-state index is 0.0336. The van der Waals surface area contributed by atoms with Crippen LogP contribution in [-0.4, -0.2) is 31.2 Å². The number of nitrogens with zero attached hydrogens (tertiary/aromatic N) is 2. The first kappa shape index (κ1) is 17.5. The van der Waals surface area contributed by atoms with Crippen molar-refractivity contribution in [2.75, 3.05) is 25.7 Å². The summed E-state index contributed by atoms with van der Waals surface area (Å²) in [5, 5.41) is 0.693. The van der Waals surface area contributed by atoms with Crippen molar-refractivity contribution in [2.45, 2.75) is 6.54 Å². The van der Waals surface area contributed by atoms with Crippen LogP contribution in [0.3, 0.4) is 0 Å². The van der Waals surface area contributed by atoms with Gasteiger partial charge in [0.25, 0.3) is 5.91 Å². The molecule has 5 nitrogen and oxygen atoms in total. The third-order valence-electron chi connectivity index (χ3n) is 4.78. The lowest BCUT2D eigenvalue weighted by Gasteiger charge is -2.28. The summed E-state index contributed by atoms with van der Waals surface area (Å²) in [5.41, 5.74) is 3.50. The monoisotopic (exact) mass is 382 g/mol. The van der Waals surface area contributed by atoms with E-state index in [0.717, 1.165) is 23.4 Å². The first-order valence-corrected chi connectivity index (χ1v) is 8.98. The van der Waals surface area contributed by atoms with Gasteiger partial charge in [-0.2, -0.15) is 0 Å². The molecule has 0 bridgehead atoms. The molecule has 27 heavy (non-hydrogen) atoms. The Morgan fingerprint density at radius 3 is 2.33 bits per heavy atom. The topological polar surface area (TPSA) is 43.7 Å². The van der Waals surface area contributed by atoms with Crippen molar-refractivity contribution in [3.8, 4) is 22.6 Å². The first-order chi connectivity index (χ1) is 13.1. The molecule has 2 aromatic carbocycles. The van der Waals surface area contributed by atoms with Gasteiger partial charge >= 0.3 is 0 Å². The number of halogens is 1. The molecule has 1 aliphatic heterocycles. The van der Waals surface area contributed by atoms with Gasteiger partial charge in [-0.05, 0) is 35.9 Å². The number of benzene rings is 2. The van der Waals surface area contributed by atoms with Gasteiger partial charge in [-0.25, -0.2) is 0 Å². The Balaban J connectivity index is 1.66. The maximum absolute atomic E-state index is 13.1. The Labute approximate surface area is 162 Å². The molecule has 0 unspecified atom stereocenters. The number of hydrogen-bond acceptors (Lipinski definition) is 3. The summed E-state index contributed by atoms with van der Waals surface area (Å²) in [4.78, 5) is 14.8. The van der Waals surface area contributed by atoms with Crippen LogP contribution in [0.2, 0.25) is 5.02 Å². The van der Waals surface area contributed by atoms with E-state index in [1.165, 1.54) is 0 Å². The number of hydrogen-bond donors (Lipinski definition) is 0. The van der Waals surface area contributed by atoms with Gasteiger partial charge in [-0.3, -0.25) is 4.79 Å². The van der Waals surface area contributed by atoms with E-state index >= 15 is 0 Å². The number of fused-ring (bicyclic) bond motifs is 1. The molecule has 0 atom stereocenters. The Hall–Kier alpha value is -2.92. The van der Waals surface area contributed by atoms with Gasteiger partial charge in [0.05, 0.1) is 14.2 Å². The molecule has 4 rings (SSSR count). The molecule has 1 amide bonds. The molecule has 0 saturated heterocycles. The predicted octanol–water partition coefficient (Wildman–Crippen LogP) is 4.49. The van der Waals surface area contributed by atoms with Crippen molar-refractivity contribution in [3.05, 3.63) is 65.4 Å². The first-order valence-electron chi connectivity index (χ1n) is 8.60. The molecule has 0 saturated carbocycles. The number of rotatable bonds is 4. The summed E-state index contributed by atoms with van der Waals surface area (Å²) in [6.07, 6.45) is 2.02. The van der Waals surface area contributed by atoms with E-state index < -0.39 is 0 Å². The maximum atomic E-state index is 13.1. The minimum Gasteiger partial charge on any atom is -0.493 e. The average molecular weight is 383 g/mol. The van der Waals surface area contributed by atoms with Crippen molar-refractivity contribution >= 4 is 23.2 Å². The number of carbonyl (C=O) groups is 1. The fraction of sp³-hybridized carbons (Fsp3) is 0.190. The fourth-order valence-electron chi connectivity index (χ4n) is 3.36. The van der Waals surface area contributed by atoms with Gasteiger partial charge in [0.1, 0.15) is 5.69 Å². The highest BCUT2D eigenvalue weighted by Crippen LogP contribution is 2.34. The van der Waals surface area contributed by atoms with Crippen LogP contribution in [0.1, 0.15) is 10.5 Å². The van der Waals surface area contributed by atoms with E-state index in [1.807, 2.05) is 59.3 Å². The number of methoxy groups -OCH3 is 2. The van der Waals surface area contributed by atoms with Crippen LogP contribution in [0, 0.1) is 0 Å². The number of amides is 1. The van der Waals surface area contributed by atoms with Crippen LogP contribution in [0.4, 0.5) is 5.69 Å². The summed E-state index contributed by atoms with van der Waals surface area (Å²) >= 11 is 5.97. The van der Waals surface area contributed by atoms with Crippen LogP contribution < -0.4 is 14.4 Å². The Bertz CT molecular complexity index is 995. The minimum atomic E-state index is -0.0336. The van der Waals surface area contributed by atoms with Crippen LogP contribution in [0.5, 0.6) is 11.5 Å². The van der Waals surface area contributed by atoms with Crippen LogP contribution in [-0.2, 0) is 6.54 Å². The van der Waals surface area contributed by atoms with Gasteiger partial charge in [-0.15, -0.1) is 0 Å². The average Bonchev–Trinajstić information content (AvgIpc) is 3.13. The Morgan fingerprint density at radius 2 is 1.63 bits per heavy atom. The summed E-state index contributed by atoms with van der Waals surface area (Å²) in [6, 6.07) is 15.1. The highest BCUT2D eigenvalue weighted by atomic mass is 35.5. The summed E-state index contributed by atoms with van der Waals surface area (Å²) in [7, 11) is 3.18. The third-order valence-corrected chi connectivity index (χ3v) is 5.03. The van der Waals surface area contributed by atoms with Crippen molar-refractivity contribution < 1.29 is 14.3 Å². The predicted molar refractivity (Wildman–Crippen MR) is 106 cm³/mol. The molecule has 6 heteroatoms. The van der Waals surface area contributed by atoms with Crippen molar-refractivity contribution in [3.63, 3.8) is 0 Å². The number of aromatic nitrogens is 1. The van der Waals surface area contributed by atoms with Gasteiger partial charge in [0, 0.05) is 41.6 Å². The van der Waals surface area contributed by atoms with Gasteiger partial charge in [-0.1, -0.05) is 23.7 Å². The molecule has 0 fully saturated rings. The number of carbonyl (C=O) groups excluding carboxylic acids is 1. The molecule has 1 aliphatic rings. The van der Waals surface area contributed by atoms with Gasteiger partial charge in [0.15, 0.2) is 11.5 Å². The standard InChI is InChI=1S/C21H19ClN2O3/c1-26-19-8-7-17(12-20(19)27-2)24-10-9-23-13-15(11-18(23)21(24)25)14-3-5-16(22)6-4-14/h3-8,11-13H,9-10H2,1-2H3. The largest absolute Gasteiger partial charge is 0.493 e. The van der Waals surface area contributed by atoms with E-state index in [4.69, 9.17) is 21.1 Å². The lowest BCUT2D eigenvalue weighted by molar-refractivity contribution is 0.0965. The van der Waals surface area contributed by atoms with Crippen molar-refractivity contribution in [2.24, 2.45) is 0 Å². The van der Waals surface area contributed by atoms with Crippen LogP contribution in [0.25, 0.3) is 11.1 Å². The van der Waals surface area contributed by atoms with Crippen molar-refractivity contribution in [1.29, 1.82) is 0 Å². The second-order valence-electron chi connectivity index (χ2n) is 6.31. The van der Waals surface area contributed by atoms with E-state index in [1.54, 1.807) is 19.1 Å². The molecule has 0 spiro atoms. The molecule has 0 aliphatic carbocycles. The lowest BCUT2D eigenvalue weighted by atomic mass is 10.1. The second kappa shape index (κ2) is 7.00. The van der Waals surface area contributed by atoms with E-state index in [2.05, 4.69) is 0 Å². The highest BCUT2D eigenvalue weighted by Gasteiger charge is 2.27. The quantitative estimate of drug-likeness (QED) is 0.668. The van der Waals surface area contributed by atoms with E-state index in [0.29, 0.717) is 28.8 Å². The third kappa shape index (κ3) is 3.15. The molecule has 3 aromatic rings. The Kier molecular flexibility index (Phi) is 4.54. The van der Waals surface area contributed by atoms with Crippen LogP contribution in [0.15, 0.2) is 54.7 Å². The molecular weight excluding hydrogens is 364 g/mol. The molecular formula is C21H19ClN2O3. The summed E-state index contributed by atoms with van der Waals surface area (Å²) in [5.74, 6) is 1.21. The lowest BCUT2D eigenvalue weighted by Crippen LogP contribution is -2.39. The number of ether oxygens (including phenoxy) is 2. The molecule has 1 aromatic heterocycles. The molecule has 138 valence electrons. The normalized spacial score (nSPS) is 13.4. The zero-order chi connectivity index (χ0) is 19.0. The van der Waals surface area contributed by atoms with Crippen LogP contribution >= 0.6 is 11.6 Å². The van der Waals surface area contributed by atoms with E-state index in [-0.39, 0.29) is 5.91 Å². The molecule has 0 N–H and O–H groups in total. The Morgan fingerprint density at radius 1 is 0.889 bits per heavy atom. The second-order valence-corrected chi connectivity index (χ2v) is 6.75. The zero-order valence-electron chi connectivity index (χ0n) is 15.1. The van der Waals surface area contributed by atoms with Gasteiger partial charge in [0.2, 0.25) is 0 Å². The molecule has 2 heterocycles. The van der Waals surface area contributed by atoms with E-state index in [9.17, 15) is 4.79 Å². The smallest absolute Gasteiger partial charge is 0.274 e. The SMILES string of the molecule is COc1ccc(N2CCn3cc(-c4ccc(Cl)cc4)cc3C2=O)cc1OC. The maximum Gasteiger partial charge on any atom is 0.274 e. The highest BCUT2D eigenvalue weighted by molar-refractivity contribution is 6.30. The summed E-state index contributed by atoms with van der Waals surface area (Å²) in [6.45, 7) is 1.32. The van der Waals surface area contributed by atoms with Gasteiger partial charge < -0.3 is 18.9 Å². The fourth-order valence-corrected chi connectivity index (χ4v) is 3.49. The van der Waals surface area contributed by atoms with Crippen molar-refractivity contribution in [1.82, 2.24) is 4.57 Å². The zero-order valence-corrected chi connectivity index (χ0v) is 15.9. The molecule has 0 radical (unpaired) electrons. The summed E-state index contributed by atoms with van der Waals surface area (Å²) < 4.78 is 12.6.